The lowest BCUT2D eigenvalue weighted by Gasteiger charge is -2.16. The Bertz CT molecular complexity index is 448. The molecule has 21 heavy (non-hydrogen) atoms. The second-order valence-electron chi connectivity index (χ2n) is 4.72. The highest BCUT2D eigenvalue weighted by atomic mass is 16.5. The molecule has 5 nitrogen and oxygen atoms in total. The zero-order chi connectivity index (χ0) is 15.7. The van der Waals surface area contributed by atoms with Gasteiger partial charge >= 0.3 is 5.97 Å². The third-order valence-electron chi connectivity index (χ3n) is 3.21. The van der Waals surface area contributed by atoms with Crippen LogP contribution < -0.4 is 14.8 Å². The Balaban J connectivity index is 2.60. The maximum atomic E-state index is 11.0. The van der Waals surface area contributed by atoms with Gasteiger partial charge in [-0.3, -0.25) is 4.79 Å². The molecule has 0 amide bonds. The van der Waals surface area contributed by atoms with Crippen molar-refractivity contribution in [3.8, 4) is 11.5 Å². The van der Waals surface area contributed by atoms with E-state index in [9.17, 15) is 4.79 Å². The summed E-state index contributed by atoms with van der Waals surface area (Å²) in [7, 11) is 3.01. The maximum Gasteiger partial charge on any atom is 0.305 e. The standard InChI is InChI=1S/C16H25NO4/c1-5-17-12(2)13-8-9-14(15(11-13)19-3)21-10-6-7-16(18)20-4/h8-9,11-12,17H,5-7,10H2,1-4H3. The summed E-state index contributed by atoms with van der Waals surface area (Å²) in [6.07, 6.45) is 0.972. The first-order chi connectivity index (χ1) is 10.1. The lowest BCUT2D eigenvalue weighted by atomic mass is 10.1. The lowest BCUT2D eigenvalue weighted by Crippen LogP contribution is -2.17. The highest BCUT2D eigenvalue weighted by Crippen LogP contribution is 2.30. The van der Waals surface area contributed by atoms with Crippen molar-refractivity contribution in [1.82, 2.24) is 5.32 Å². The van der Waals surface area contributed by atoms with E-state index in [0.29, 0.717) is 30.9 Å². The van der Waals surface area contributed by atoms with Gasteiger partial charge in [-0.25, -0.2) is 0 Å². The predicted octanol–water partition coefficient (Wildman–Crippen LogP) is 2.70. The van der Waals surface area contributed by atoms with E-state index in [0.717, 1.165) is 12.1 Å². The normalized spacial score (nSPS) is 11.8. The van der Waals surface area contributed by atoms with Gasteiger partial charge in [0.1, 0.15) is 0 Å². The summed E-state index contributed by atoms with van der Waals surface area (Å²) < 4.78 is 15.6. The molecule has 0 saturated heterocycles. The smallest absolute Gasteiger partial charge is 0.305 e. The molecule has 0 fully saturated rings. The average Bonchev–Trinajstić information content (AvgIpc) is 2.51. The fraction of sp³-hybridized carbons (Fsp3) is 0.562. The third-order valence-corrected chi connectivity index (χ3v) is 3.21. The van der Waals surface area contributed by atoms with Gasteiger partial charge in [0.2, 0.25) is 0 Å². The molecule has 0 aliphatic rings. The highest BCUT2D eigenvalue weighted by molar-refractivity contribution is 5.69. The van der Waals surface area contributed by atoms with Crippen LogP contribution in [0, 0.1) is 0 Å². The number of methoxy groups -OCH3 is 2. The van der Waals surface area contributed by atoms with Gasteiger partial charge in [-0.15, -0.1) is 0 Å². The number of nitrogens with one attached hydrogen (secondary N) is 1. The SMILES string of the molecule is CCNC(C)c1ccc(OCCCC(=O)OC)c(OC)c1. The molecule has 1 aromatic carbocycles. The van der Waals surface area contributed by atoms with Crippen molar-refractivity contribution in [2.45, 2.75) is 32.7 Å². The minimum absolute atomic E-state index is 0.222. The summed E-state index contributed by atoms with van der Waals surface area (Å²) in [5, 5.41) is 3.36. The van der Waals surface area contributed by atoms with E-state index in [-0.39, 0.29) is 12.0 Å². The Morgan fingerprint density at radius 3 is 2.67 bits per heavy atom. The van der Waals surface area contributed by atoms with Crippen molar-refractivity contribution in [1.29, 1.82) is 0 Å². The second-order valence-corrected chi connectivity index (χ2v) is 4.72. The molecular formula is C16H25NO4. The molecule has 1 atom stereocenters. The number of esters is 1. The van der Waals surface area contributed by atoms with Gasteiger partial charge in [0.25, 0.3) is 0 Å². The van der Waals surface area contributed by atoms with Gasteiger partial charge in [0.05, 0.1) is 20.8 Å². The summed E-state index contributed by atoms with van der Waals surface area (Å²) in [4.78, 5) is 11.0. The topological polar surface area (TPSA) is 56.8 Å². The van der Waals surface area contributed by atoms with Crippen LogP contribution in [0.1, 0.15) is 38.3 Å². The van der Waals surface area contributed by atoms with Crippen molar-refractivity contribution < 1.29 is 19.0 Å². The number of benzene rings is 1. The summed E-state index contributed by atoms with van der Waals surface area (Å²) in [5.74, 6) is 1.17. The molecule has 1 rings (SSSR count). The van der Waals surface area contributed by atoms with Crippen molar-refractivity contribution in [2.75, 3.05) is 27.4 Å². The van der Waals surface area contributed by atoms with Crippen LogP contribution in [-0.4, -0.2) is 33.3 Å². The molecule has 0 spiro atoms. The summed E-state index contributed by atoms with van der Waals surface area (Å²) in [6.45, 7) is 5.55. The van der Waals surface area contributed by atoms with Crippen molar-refractivity contribution >= 4 is 5.97 Å². The largest absolute Gasteiger partial charge is 0.493 e. The lowest BCUT2D eigenvalue weighted by molar-refractivity contribution is -0.140. The van der Waals surface area contributed by atoms with Crippen LogP contribution in [-0.2, 0) is 9.53 Å². The Labute approximate surface area is 126 Å². The minimum atomic E-state index is -0.222. The van der Waals surface area contributed by atoms with Gasteiger partial charge in [0.15, 0.2) is 11.5 Å². The molecule has 0 aliphatic heterocycles. The van der Waals surface area contributed by atoms with Crippen LogP contribution in [0.25, 0.3) is 0 Å². The first-order valence-corrected chi connectivity index (χ1v) is 7.23. The Morgan fingerprint density at radius 1 is 1.29 bits per heavy atom. The number of hydrogen-bond donors (Lipinski definition) is 1. The number of carbonyl (C=O) groups is 1. The van der Waals surface area contributed by atoms with Crippen LogP contribution >= 0.6 is 0 Å². The molecule has 1 N–H and O–H groups in total. The van der Waals surface area contributed by atoms with Crippen molar-refractivity contribution in [3.05, 3.63) is 23.8 Å². The fourth-order valence-corrected chi connectivity index (χ4v) is 2.00. The summed E-state index contributed by atoms with van der Waals surface area (Å²) >= 11 is 0. The van der Waals surface area contributed by atoms with Gasteiger partial charge in [-0.2, -0.15) is 0 Å². The first-order valence-electron chi connectivity index (χ1n) is 7.23. The van der Waals surface area contributed by atoms with Crippen LogP contribution in [0.4, 0.5) is 0 Å². The van der Waals surface area contributed by atoms with Crippen LogP contribution in [0.3, 0.4) is 0 Å². The number of ether oxygens (including phenoxy) is 3. The molecule has 1 aromatic rings. The first kappa shape index (κ1) is 17.3. The van der Waals surface area contributed by atoms with Crippen LogP contribution in [0.2, 0.25) is 0 Å². The fourth-order valence-electron chi connectivity index (χ4n) is 2.00. The van der Waals surface area contributed by atoms with Crippen LogP contribution in [0.15, 0.2) is 18.2 Å². The molecule has 0 radical (unpaired) electrons. The Hall–Kier alpha value is -1.75. The zero-order valence-corrected chi connectivity index (χ0v) is 13.3. The van der Waals surface area contributed by atoms with E-state index in [1.54, 1.807) is 7.11 Å². The predicted molar refractivity (Wildman–Crippen MR) is 81.8 cm³/mol. The molecule has 0 aliphatic carbocycles. The molecule has 0 bridgehead atoms. The van der Waals surface area contributed by atoms with E-state index in [1.165, 1.54) is 7.11 Å². The second kappa shape index (κ2) is 9.23. The maximum absolute atomic E-state index is 11.0. The zero-order valence-electron chi connectivity index (χ0n) is 13.3. The van der Waals surface area contributed by atoms with E-state index in [1.807, 2.05) is 18.2 Å². The van der Waals surface area contributed by atoms with Gasteiger partial charge in [0, 0.05) is 12.5 Å². The quantitative estimate of drug-likeness (QED) is 0.561. The van der Waals surface area contributed by atoms with E-state index < -0.39 is 0 Å². The number of carbonyl (C=O) groups excluding carboxylic acids is 1. The summed E-state index contributed by atoms with van der Waals surface area (Å²) in [6, 6.07) is 6.16. The molecule has 1 unspecified atom stereocenters. The summed E-state index contributed by atoms with van der Waals surface area (Å²) in [5.41, 5.74) is 1.15. The average molecular weight is 295 g/mol. The number of hydrogen-bond acceptors (Lipinski definition) is 5. The molecular weight excluding hydrogens is 270 g/mol. The monoisotopic (exact) mass is 295 g/mol. The Kier molecular flexibility index (Phi) is 7.61. The number of rotatable bonds is 9. The van der Waals surface area contributed by atoms with E-state index in [4.69, 9.17) is 9.47 Å². The van der Waals surface area contributed by atoms with Gasteiger partial charge < -0.3 is 19.5 Å². The molecule has 0 saturated carbocycles. The highest BCUT2D eigenvalue weighted by Gasteiger charge is 2.10. The third kappa shape index (κ3) is 5.63. The van der Waals surface area contributed by atoms with Crippen LogP contribution in [0.5, 0.6) is 11.5 Å². The molecule has 0 aromatic heterocycles. The molecule has 5 heteroatoms. The van der Waals surface area contributed by atoms with E-state index >= 15 is 0 Å². The minimum Gasteiger partial charge on any atom is -0.493 e. The van der Waals surface area contributed by atoms with Gasteiger partial charge in [-0.05, 0) is 37.6 Å². The van der Waals surface area contributed by atoms with E-state index in [2.05, 4.69) is 23.9 Å². The molecule has 0 heterocycles. The van der Waals surface area contributed by atoms with Gasteiger partial charge in [-0.1, -0.05) is 13.0 Å². The Morgan fingerprint density at radius 2 is 2.05 bits per heavy atom. The van der Waals surface area contributed by atoms with Crippen molar-refractivity contribution in [2.24, 2.45) is 0 Å². The van der Waals surface area contributed by atoms with Crippen molar-refractivity contribution in [3.63, 3.8) is 0 Å². The molecule has 118 valence electrons.